The van der Waals surface area contributed by atoms with Gasteiger partial charge < -0.3 is 15.2 Å². The van der Waals surface area contributed by atoms with Crippen molar-refractivity contribution in [2.45, 2.75) is 72.3 Å². The predicted molar refractivity (Wildman–Crippen MR) is 193 cm³/mol. The fourth-order valence-electron chi connectivity index (χ4n) is 0.970. The summed E-state index contributed by atoms with van der Waals surface area (Å²) in [5.74, 6) is -0.714. The van der Waals surface area contributed by atoms with Crippen LogP contribution in [-0.4, -0.2) is 37.9 Å². The highest BCUT2D eigenvalue weighted by molar-refractivity contribution is 8.17. The van der Waals surface area contributed by atoms with Gasteiger partial charge in [0.2, 0.25) is 17.3 Å². The van der Waals surface area contributed by atoms with Crippen LogP contribution in [0.1, 0.15) is 82.6 Å². The summed E-state index contributed by atoms with van der Waals surface area (Å²) in [6.45, 7) is 4.12. The molecule has 18 heteroatoms. The summed E-state index contributed by atoms with van der Waals surface area (Å²) in [7, 11) is 5.90. The van der Waals surface area contributed by atoms with Gasteiger partial charge in [-0.1, -0.05) is 89.0 Å². The van der Waals surface area contributed by atoms with Gasteiger partial charge in [-0.15, -0.1) is 4.33 Å². The molecule has 0 heterocycles. The Morgan fingerprint density at radius 3 is 1.47 bits per heavy atom. The molecular formula is C25H51Cl6NO9S2. The molecule has 0 unspecified atom stereocenters. The Labute approximate surface area is 294 Å². The average molecular weight is 787 g/mol. The van der Waals surface area contributed by atoms with Gasteiger partial charge in [0.25, 0.3) is 9.05 Å². The summed E-state index contributed by atoms with van der Waals surface area (Å²) < 4.78 is 33.2. The third-order valence-corrected chi connectivity index (χ3v) is 3.46. The SMILES string of the molecule is C.C.C.C.C.C.C.CC.ClC=COCOC=CCl.Nc1ccc(C=O)cc1.O=C(Cl)CC(=O)Cl.O=S(=O)(Cl)COOSCl. The zero-order valence-electron chi connectivity index (χ0n) is 18.7. The molecule has 0 saturated heterocycles. The van der Waals surface area contributed by atoms with Gasteiger partial charge in [-0.3, -0.25) is 14.4 Å². The van der Waals surface area contributed by atoms with E-state index >= 15 is 0 Å². The van der Waals surface area contributed by atoms with Crippen LogP contribution in [0.15, 0.2) is 47.9 Å². The lowest BCUT2D eigenvalue weighted by atomic mass is 10.2. The van der Waals surface area contributed by atoms with E-state index < -0.39 is 25.5 Å². The third-order valence-electron chi connectivity index (χ3n) is 2.04. The van der Waals surface area contributed by atoms with Crippen molar-refractivity contribution >= 4 is 111 Å². The van der Waals surface area contributed by atoms with Crippen molar-refractivity contribution in [1.29, 1.82) is 0 Å². The van der Waals surface area contributed by atoms with Crippen molar-refractivity contribution < 1.29 is 41.5 Å². The lowest BCUT2D eigenvalue weighted by Gasteiger charge is -1.96. The Morgan fingerprint density at radius 2 is 1.23 bits per heavy atom. The van der Waals surface area contributed by atoms with Crippen molar-refractivity contribution in [3.05, 3.63) is 53.4 Å². The summed E-state index contributed by atoms with van der Waals surface area (Å²) in [6.07, 6.45) is 3.02. The Hall–Kier alpha value is -0.930. The smallest absolute Gasteiger partial charge is 0.260 e. The van der Waals surface area contributed by atoms with Gasteiger partial charge in [0.1, 0.15) is 17.5 Å². The molecule has 43 heavy (non-hydrogen) atoms. The Bertz CT molecular complexity index is 824. The molecule has 0 aliphatic rings. The molecule has 0 radical (unpaired) electrons. The number of anilines is 1. The van der Waals surface area contributed by atoms with Crippen LogP contribution in [0.4, 0.5) is 5.69 Å². The van der Waals surface area contributed by atoms with Crippen LogP contribution in [0, 0.1) is 0 Å². The lowest BCUT2D eigenvalue weighted by molar-refractivity contribution is -0.168. The summed E-state index contributed by atoms with van der Waals surface area (Å²) in [5.41, 5.74) is 9.19. The summed E-state index contributed by atoms with van der Waals surface area (Å²) in [4.78, 5) is 33.5. The lowest BCUT2D eigenvalue weighted by Crippen LogP contribution is -1.99. The fourth-order valence-corrected chi connectivity index (χ4v) is 1.95. The topological polar surface area (TPSA) is 148 Å². The number of carbonyl (C=O) groups excluding carboxylic acids is 3. The van der Waals surface area contributed by atoms with Crippen LogP contribution >= 0.6 is 79.0 Å². The minimum Gasteiger partial charge on any atom is -0.464 e. The maximum absolute atomic E-state index is 10.1. The van der Waals surface area contributed by atoms with Crippen LogP contribution < -0.4 is 5.73 Å². The second-order valence-corrected chi connectivity index (χ2v) is 9.26. The van der Waals surface area contributed by atoms with Gasteiger partial charge >= 0.3 is 0 Å². The summed E-state index contributed by atoms with van der Waals surface area (Å²) in [5, 5.41) is -1.44. The molecule has 0 aliphatic heterocycles. The molecule has 0 spiro atoms. The normalized spacial score (nSPS) is 8.09. The van der Waals surface area contributed by atoms with Crippen LogP contribution in [0.5, 0.6) is 0 Å². The van der Waals surface area contributed by atoms with Gasteiger partial charge in [-0.2, -0.15) is 0 Å². The van der Waals surface area contributed by atoms with E-state index in [1.165, 1.54) is 23.6 Å². The highest BCUT2D eigenvalue weighted by Gasteiger charge is 2.04. The zero-order valence-corrected chi connectivity index (χ0v) is 24.8. The number of ether oxygens (including phenoxy) is 2. The molecule has 0 saturated carbocycles. The molecule has 0 aliphatic carbocycles. The minimum atomic E-state index is -3.64. The zero-order chi connectivity index (χ0) is 28.8. The first-order chi connectivity index (χ1) is 16.9. The molecule has 1 aromatic carbocycles. The minimum absolute atomic E-state index is 0. The van der Waals surface area contributed by atoms with Crippen molar-refractivity contribution in [3.63, 3.8) is 0 Å². The van der Waals surface area contributed by atoms with Gasteiger partial charge in [-0.25, -0.2) is 13.3 Å². The van der Waals surface area contributed by atoms with Crippen molar-refractivity contribution in [2.75, 3.05) is 18.5 Å². The number of hydrogen-bond acceptors (Lipinski definition) is 11. The highest BCUT2D eigenvalue weighted by Crippen LogP contribution is 2.09. The van der Waals surface area contributed by atoms with Crippen molar-refractivity contribution in [3.8, 4) is 0 Å². The number of benzene rings is 1. The second-order valence-electron chi connectivity index (χ2n) is 4.55. The number of hydrogen-bond donors (Lipinski definition) is 1. The van der Waals surface area contributed by atoms with Gasteiger partial charge in [0, 0.05) is 33.0 Å². The van der Waals surface area contributed by atoms with Crippen molar-refractivity contribution in [2.24, 2.45) is 0 Å². The molecule has 0 fully saturated rings. The number of halogens is 6. The number of aldehydes is 1. The number of rotatable bonds is 11. The first-order valence-electron chi connectivity index (χ1n) is 8.83. The Morgan fingerprint density at radius 1 is 0.860 bits per heavy atom. The maximum atomic E-state index is 10.1. The Balaban J connectivity index is -0.0000000329. The van der Waals surface area contributed by atoms with Crippen molar-refractivity contribution in [1.82, 2.24) is 0 Å². The van der Waals surface area contributed by atoms with Gasteiger partial charge in [-0.05, 0) is 58.1 Å². The van der Waals surface area contributed by atoms with Gasteiger partial charge in [0.05, 0.1) is 18.9 Å². The molecule has 0 aromatic heterocycles. The maximum Gasteiger partial charge on any atom is 0.260 e. The first-order valence-corrected chi connectivity index (χ1v) is 14.5. The molecule has 0 bridgehead atoms. The molecule has 1 rings (SSSR count). The molecule has 0 amide bonds. The molecule has 264 valence electrons. The van der Waals surface area contributed by atoms with E-state index in [1.807, 2.05) is 13.8 Å². The molecular weight excluding hydrogens is 735 g/mol. The Kier molecular flexibility index (Phi) is 97.1. The summed E-state index contributed by atoms with van der Waals surface area (Å²) >= 11 is 20.0. The molecule has 0 atom stereocenters. The molecule has 1 aromatic rings. The highest BCUT2D eigenvalue weighted by atomic mass is 35.7. The van der Waals surface area contributed by atoms with E-state index in [2.05, 4.69) is 29.4 Å². The van der Waals surface area contributed by atoms with E-state index in [9.17, 15) is 22.8 Å². The van der Waals surface area contributed by atoms with E-state index in [0.717, 1.165) is 6.29 Å². The standard InChI is InChI=1S/C7H7NO.C5H6Cl2O2.C3H2Cl2O2.C2H6.CH2Cl2O4S2.7CH4/c8-7-3-1-6(5-9)2-4-7;6-1-3-8-5-9-4-2-7;4-2(6)1-3(5)7;1-2;2-8-7-6-1-9(3,4)5;;;;;;;/h1-5H,8H2;1-4H,5H2;1H2;1-2H3;1H2;7*1H4. The number of nitrogen functional groups attached to an aromatic ring is 1. The second kappa shape index (κ2) is 56.8. The number of carbonyl (C=O) groups is 3. The quantitative estimate of drug-likeness (QED) is 0.0218. The van der Waals surface area contributed by atoms with E-state index in [0.29, 0.717) is 22.5 Å². The fraction of sp³-hybridized carbons (Fsp3) is 0.480. The third kappa shape index (κ3) is 85.6. The van der Waals surface area contributed by atoms with Crippen LogP contribution in [-0.2, 0) is 37.3 Å². The molecule has 2 N–H and O–H groups in total. The number of nitrogens with two attached hydrogens (primary N) is 1. The van der Waals surface area contributed by atoms with E-state index in [-0.39, 0.29) is 65.2 Å². The van der Waals surface area contributed by atoms with E-state index in [4.69, 9.17) is 62.8 Å². The van der Waals surface area contributed by atoms with Crippen LogP contribution in [0.2, 0.25) is 0 Å². The van der Waals surface area contributed by atoms with Crippen LogP contribution in [0.3, 0.4) is 0 Å². The van der Waals surface area contributed by atoms with Crippen LogP contribution in [0.25, 0.3) is 0 Å². The first kappa shape index (κ1) is 73.5. The largest absolute Gasteiger partial charge is 0.464 e. The predicted octanol–water partition coefficient (Wildman–Crippen LogP) is 11.1. The van der Waals surface area contributed by atoms with Gasteiger partial charge in [0.15, 0.2) is 5.94 Å². The summed E-state index contributed by atoms with van der Waals surface area (Å²) in [6, 6.07) is 6.76. The molecule has 10 nitrogen and oxygen atoms in total. The average Bonchev–Trinajstić information content (AvgIpc) is 2.81. The van der Waals surface area contributed by atoms with E-state index in [1.54, 1.807) is 24.3 Å². The monoisotopic (exact) mass is 783 g/mol.